The zero-order chi connectivity index (χ0) is 14.5. The fourth-order valence-electron chi connectivity index (χ4n) is 2.03. The Morgan fingerprint density at radius 2 is 1.74 bits per heavy atom. The first-order valence-electron chi connectivity index (χ1n) is 6.21. The van der Waals surface area contributed by atoms with Crippen molar-refractivity contribution >= 4 is 11.6 Å². The standard InChI is InChI=1S/C14H18ClF3O/c1-10(2)7-12(9-15)8-11-3-5-13(6-4-11)19-14(16,17)18/h3-6,10,12H,7-9H2,1-2H3. The second-order valence-electron chi connectivity index (χ2n) is 5.05. The molecule has 1 atom stereocenters. The number of halogens is 4. The SMILES string of the molecule is CC(C)CC(CCl)Cc1ccc(OC(F)(F)F)cc1. The molecule has 0 amide bonds. The number of hydrogen-bond acceptors (Lipinski definition) is 1. The maximum atomic E-state index is 12.0. The molecule has 0 spiro atoms. The largest absolute Gasteiger partial charge is 0.573 e. The molecule has 5 heteroatoms. The van der Waals surface area contributed by atoms with E-state index in [0.29, 0.717) is 17.7 Å². The van der Waals surface area contributed by atoms with Crippen molar-refractivity contribution in [3.63, 3.8) is 0 Å². The quantitative estimate of drug-likeness (QED) is 0.669. The number of rotatable bonds is 6. The third-order valence-corrected chi connectivity index (χ3v) is 3.14. The first kappa shape index (κ1) is 16.2. The third kappa shape index (κ3) is 6.71. The molecule has 0 aromatic heterocycles. The topological polar surface area (TPSA) is 9.23 Å². The second kappa shape index (κ2) is 7.04. The Kier molecular flexibility index (Phi) is 5.98. The Balaban J connectivity index is 2.60. The molecule has 0 radical (unpaired) electrons. The molecule has 108 valence electrons. The maximum absolute atomic E-state index is 12.0. The van der Waals surface area contributed by atoms with E-state index in [9.17, 15) is 13.2 Å². The highest BCUT2D eigenvalue weighted by Gasteiger charge is 2.30. The van der Waals surface area contributed by atoms with Crippen LogP contribution >= 0.6 is 11.6 Å². The Morgan fingerprint density at radius 3 is 2.16 bits per heavy atom. The van der Waals surface area contributed by atoms with Crippen LogP contribution in [0.2, 0.25) is 0 Å². The number of alkyl halides is 4. The maximum Gasteiger partial charge on any atom is 0.573 e. The Morgan fingerprint density at radius 1 is 1.16 bits per heavy atom. The Labute approximate surface area is 116 Å². The van der Waals surface area contributed by atoms with E-state index in [1.165, 1.54) is 12.1 Å². The van der Waals surface area contributed by atoms with E-state index in [1.54, 1.807) is 12.1 Å². The van der Waals surface area contributed by atoms with Crippen molar-refractivity contribution in [3.8, 4) is 5.75 Å². The van der Waals surface area contributed by atoms with Gasteiger partial charge in [0, 0.05) is 5.88 Å². The summed E-state index contributed by atoms with van der Waals surface area (Å²) in [6.07, 6.45) is -2.86. The van der Waals surface area contributed by atoms with Gasteiger partial charge in [-0.2, -0.15) is 0 Å². The summed E-state index contributed by atoms with van der Waals surface area (Å²) in [4.78, 5) is 0. The van der Waals surface area contributed by atoms with E-state index in [0.717, 1.165) is 18.4 Å². The summed E-state index contributed by atoms with van der Waals surface area (Å²) in [7, 11) is 0. The highest BCUT2D eigenvalue weighted by atomic mass is 35.5. The van der Waals surface area contributed by atoms with Gasteiger partial charge < -0.3 is 4.74 Å². The minimum atomic E-state index is -4.64. The number of benzene rings is 1. The monoisotopic (exact) mass is 294 g/mol. The van der Waals surface area contributed by atoms with Gasteiger partial charge in [0.2, 0.25) is 0 Å². The summed E-state index contributed by atoms with van der Waals surface area (Å²) in [5.41, 5.74) is 0.973. The van der Waals surface area contributed by atoms with Crippen LogP contribution in [0.4, 0.5) is 13.2 Å². The van der Waals surface area contributed by atoms with Gasteiger partial charge in [-0.25, -0.2) is 0 Å². The summed E-state index contributed by atoms with van der Waals surface area (Å²) < 4.78 is 39.9. The minimum Gasteiger partial charge on any atom is -0.406 e. The molecule has 0 aliphatic rings. The summed E-state index contributed by atoms with van der Waals surface area (Å²) in [6.45, 7) is 4.25. The second-order valence-corrected chi connectivity index (χ2v) is 5.35. The van der Waals surface area contributed by atoms with Crippen molar-refractivity contribution in [1.82, 2.24) is 0 Å². The smallest absolute Gasteiger partial charge is 0.406 e. The Bertz CT molecular complexity index is 373. The van der Waals surface area contributed by atoms with Crippen molar-refractivity contribution in [2.75, 3.05) is 5.88 Å². The Hall–Kier alpha value is -0.900. The lowest BCUT2D eigenvalue weighted by Crippen LogP contribution is -2.17. The van der Waals surface area contributed by atoms with Crippen molar-refractivity contribution in [2.45, 2.75) is 33.1 Å². The molecule has 1 unspecified atom stereocenters. The van der Waals surface area contributed by atoms with Crippen LogP contribution in [0.3, 0.4) is 0 Å². The van der Waals surface area contributed by atoms with Gasteiger partial charge in [-0.15, -0.1) is 24.8 Å². The van der Waals surface area contributed by atoms with E-state index >= 15 is 0 Å². The molecule has 1 rings (SSSR count). The summed E-state index contributed by atoms with van der Waals surface area (Å²) in [5.74, 6) is 1.26. The van der Waals surface area contributed by atoms with Gasteiger partial charge in [0.05, 0.1) is 0 Å². The van der Waals surface area contributed by atoms with Gasteiger partial charge in [0.1, 0.15) is 5.75 Å². The zero-order valence-electron chi connectivity index (χ0n) is 11.0. The van der Waals surface area contributed by atoms with Crippen molar-refractivity contribution in [2.24, 2.45) is 11.8 Å². The molecule has 0 saturated heterocycles. The molecule has 0 aliphatic heterocycles. The van der Waals surface area contributed by atoms with Crippen LogP contribution in [0.25, 0.3) is 0 Å². The average Bonchev–Trinajstić information content (AvgIpc) is 2.28. The van der Waals surface area contributed by atoms with Crippen LogP contribution < -0.4 is 4.74 Å². The van der Waals surface area contributed by atoms with Crippen LogP contribution in [-0.2, 0) is 6.42 Å². The lowest BCUT2D eigenvalue weighted by atomic mass is 9.92. The van der Waals surface area contributed by atoms with Gasteiger partial charge in [0.25, 0.3) is 0 Å². The molecule has 0 heterocycles. The molecule has 19 heavy (non-hydrogen) atoms. The van der Waals surface area contributed by atoms with E-state index in [-0.39, 0.29) is 5.75 Å². The highest BCUT2D eigenvalue weighted by molar-refractivity contribution is 6.18. The summed E-state index contributed by atoms with van der Waals surface area (Å²) in [6, 6.07) is 5.98. The van der Waals surface area contributed by atoms with Crippen LogP contribution in [-0.4, -0.2) is 12.2 Å². The third-order valence-electron chi connectivity index (χ3n) is 2.70. The molecule has 0 aliphatic carbocycles. The first-order chi connectivity index (χ1) is 8.80. The number of hydrogen-bond donors (Lipinski definition) is 0. The van der Waals surface area contributed by atoms with Crippen LogP contribution in [0.15, 0.2) is 24.3 Å². The van der Waals surface area contributed by atoms with Gasteiger partial charge in [-0.05, 0) is 42.4 Å². The molecular formula is C14H18ClF3O. The van der Waals surface area contributed by atoms with Gasteiger partial charge in [-0.1, -0.05) is 26.0 Å². The fraction of sp³-hybridized carbons (Fsp3) is 0.571. The van der Waals surface area contributed by atoms with E-state index in [2.05, 4.69) is 18.6 Å². The van der Waals surface area contributed by atoms with Crippen LogP contribution in [0.1, 0.15) is 25.8 Å². The molecule has 0 bridgehead atoms. The predicted molar refractivity (Wildman–Crippen MR) is 70.5 cm³/mol. The molecule has 1 nitrogen and oxygen atoms in total. The van der Waals surface area contributed by atoms with Gasteiger partial charge >= 0.3 is 6.36 Å². The predicted octanol–water partition coefficient (Wildman–Crippen LogP) is 5.03. The molecule has 0 saturated carbocycles. The molecular weight excluding hydrogens is 277 g/mol. The molecule has 1 aromatic rings. The summed E-state index contributed by atoms with van der Waals surface area (Å²) >= 11 is 5.91. The van der Waals surface area contributed by atoms with E-state index < -0.39 is 6.36 Å². The summed E-state index contributed by atoms with van der Waals surface area (Å²) in [5, 5.41) is 0. The van der Waals surface area contributed by atoms with Crippen molar-refractivity contribution in [1.29, 1.82) is 0 Å². The highest BCUT2D eigenvalue weighted by Crippen LogP contribution is 2.24. The molecule has 0 N–H and O–H groups in total. The molecule has 0 fully saturated rings. The zero-order valence-corrected chi connectivity index (χ0v) is 11.8. The lowest BCUT2D eigenvalue weighted by molar-refractivity contribution is -0.274. The first-order valence-corrected chi connectivity index (χ1v) is 6.74. The van der Waals surface area contributed by atoms with E-state index in [4.69, 9.17) is 11.6 Å². The lowest BCUT2D eigenvalue weighted by Gasteiger charge is -2.16. The fourth-order valence-corrected chi connectivity index (χ4v) is 2.26. The minimum absolute atomic E-state index is 0.192. The number of ether oxygens (including phenoxy) is 1. The molecule has 1 aromatic carbocycles. The average molecular weight is 295 g/mol. The van der Waals surface area contributed by atoms with E-state index in [1.807, 2.05) is 0 Å². The van der Waals surface area contributed by atoms with Crippen LogP contribution in [0.5, 0.6) is 5.75 Å². The van der Waals surface area contributed by atoms with Crippen molar-refractivity contribution < 1.29 is 17.9 Å². The van der Waals surface area contributed by atoms with Gasteiger partial charge in [0.15, 0.2) is 0 Å². The van der Waals surface area contributed by atoms with Gasteiger partial charge in [-0.3, -0.25) is 0 Å². The normalized spacial score (nSPS) is 13.6. The van der Waals surface area contributed by atoms with Crippen LogP contribution in [0, 0.1) is 11.8 Å². The van der Waals surface area contributed by atoms with Crippen molar-refractivity contribution in [3.05, 3.63) is 29.8 Å².